The van der Waals surface area contributed by atoms with Gasteiger partial charge in [0.2, 0.25) is 0 Å². The molecule has 1 N–H and O–H groups in total. The number of hydrogen-bond acceptors (Lipinski definition) is 1. The van der Waals surface area contributed by atoms with E-state index in [1.165, 1.54) is 29.7 Å². The second-order valence-corrected chi connectivity index (χ2v) is 5.51. The zero-order valence-corrected chi connectivity index (χ0v) is 18.0. The van der Waals surface area contributed by atoms with Gasteiger partial charge in [-0.25, -0.2) is 4.39 Å². The van der Waals surface area contributed by atoms with E-state index in [-0.39, 0.29) is 38.5 Å². The van der Waals surface area contributed by atoms with Crippen LogP contribution >= 0.6 is 0 Å². The monoisotopic (exact) mass is 418 g/mol. The number of nitrogens with one attached hydrogen (secondary N) is 1. The van der Waals surface area contributed by atoms with Gasteiger partial charge in [0, 0.05) is 32.7 Å². The molecule has 0 aliphatic carbocycles. The van der Waals surface area contributed by atoms with Gasteiger partial charge >= 0.3 is 0 Å². The summed E-state index contributed by atoms with van der Waals surface area (Å²) in [6, 6.07) is 8.55. The summed E-state index contributed by atoms with van der Waals surface area (Å²) >= 11 is 0. The Bertz CT molecular complexity index is 491. The third-order valence-electron chi connectivity index (χ3n) is 3.86. The first-order valence-corrected chi connectivity index (χ1v) is 8.31. The minimum absolute atomic E-state index is 0. The van der Waals surface area contributed by atoms with Crippen LogP contribution in [0.1, 0.15) is 12.8 Å². The average Bonchev–Trinajstić information content (AvgIpc) is 3.17. The molecule has 0 saturated carbocycles. The molecule has 1 radical (unpaired) electrons. The van der Waals surface area contributed by atoms with Crippen molar-refractivity contribution in [3.05, 3.63) is 83.2 Å². The van der Waals surface area contributed by atoms with Gasteiger partial charge in [0.25, 0.3) is 0 Å². The molecule has 3 rings (SSSR count). The third-order valence-corrected chi connectivity index (χ3v) is 3.86. The van der Waals surface area contributed by atoms with Crippen LogP contribution in [-0.2, 0) is 32.7 Å². The SMILES string of the molecule is C=CC1=C(C=C)C[N-]CC1.C[N-]C1CCNC1.Fc1ccccc1.[Y]. The Morgan fingerprint density at radius 2 is 1.88 bits per heavy atom. The van der Waals surface area contributed by atoms with E-state index in [9.17, 15) is 4.39 Å². The Balaban J connectivity index is 0.000000347. The van der Waals surface area contributed by atoms with Crippen LogP contribution in [0.4, 0.5) is 4.39 Å². The van der Waals surface area contributed by atoms with Gasteiger partial charge in [-0.2, -0.15) is 7.05 Å². The third kappa shape index (κ3) is 10.8. The largest absolute Gasteiger partial charge is 0.661 e. The summed E-state index contributed by atoms with van der Waals surface area (Å²) in [5.74, 6) is -0.178. The van der Waals surface area contributed by atoms with Gasteiger partial charge in [0.15, 0.2) is 0 Å². The van der Waals surface area contributed by atoms with Gasteiger partial charge < -0.3 is 16.0 Å². The normalized spacial score (nSPS) is 18.7. The van der Waals surface area contributed by atoms with Crippen molar-refractivity contribution in [1.82, 2.24) is 5.32 Å². The zero-order valence-electron chi connectivity index (χ0n) is 15.1. The molecule has 0 amide bonds. The Morgan fingerprint density at radius 3 is 2.24 bits per heavy atom. The minimum atomic E-state index is -0.178. The van der Waals surface area contributed by atoms with E-state index in [0.29, 0.717) is 6.04 Å². The van der Waals surface area contributed by atoms with E-state index in [2.05, 4.69) is 29.1 Å². The number of hydrogen-bond donors (Lipinski definition) is 1. The summed E-state index contributed by atoms with van der Waals surface area (Å²) in [6.45, 7) is 11.5. The molecule has 0 bridgehead atoms. The van der Waals surface area contributed by atoms with Crippen molar-refractivity contribution in [2.45, 2.75) is 18.9 Å². The predicted octanol–water partition coefficient (Wildman–Crippen LogP) is 4.61. The quantitative estimate of drug-likeness (QED) is 0.766. The molecular weight excluding hydrogens is 390 g/mol. The fourth-order valence-electron chi connectivity index (χ4n) is 2.36. The van der Waals surface area contributed by atoms with Crippen molar-refractivity contribution < 1.29 is 37.1 Å². The van der Waals surface area contributed by atoms with Gasteiger partial charge in [-0.1, -0.05) is 55.5 Å². The summed E-state index contributed by atoms with van der Waals surface area (Å²) in [5, 5.41) is 11.6. The molecule has 0 spiro atoms. The number of nitrogens with zero attached hydrogens (tertiary/aromatic N) is 2. The maximum Gasteiger partial charge on any atom is 0.123 e. The summed E-state index contributed by atoms with van der Waals surface area (Å²) in [7, 11) is 1.89. The van der Waals surface area contributed by atoms with Crippen molar-refractivity contribution >= 4 is 0 Å². The molecular formula is C20H28FN3Y-2. The fraction of sp³-hybridized carbons (Fsp3) is 0.400. The number of halogens is 1. The summed E-state index contributed by atoms with van der Waals surface area (Å²) in [4.78, 5) is 0. The molecule has 1 unspecified atom stereocenters. The maximum atomic E-state index is 11.9. The molecule has 25 heavy (non-hydrogen) atoms. The number of benzene rings is 1. The Labute approximate surface area is 177 Å². The molecule has 2 aliphatic rings. The zero-order chi connectivity index (χ0) is 17.6. The van der Waals surface area contributed by atoms with Crippen molar-refractivity contribution in [2.75, 3.05) is 33.2 Å². The van der Waals surface area contributed by atoms with Crippen LogP contribution in [-0.4, -0.2) is 39.3 Å². The molecule has 1 saturated heterocycles. The van der Waals surface area contributed by atoms with Crippen LogP contribution < -0.4 is 5.32 Å². The summed E-state index contributed by atoms with van der Waals surface area (Å²) < 4.78 is 11.9. The maximum absolute atomic E-state index is 11.9. The van der Waals surface area contributed by atoms with E-state index in [1.54, 1.807) is 18.2 Å². The molecule has 1 aromatic rings. The van der Waals surface area contributed by atoms with Crippen molar-refractivity contribution in [3.8, 4) is 0 Å². The van der Waals surface area contributed by atoms with Crippen LogP contribution in [0.2, 0.25) is 0 Å². The van der Waals surface area contributed by atoms with E-state index < -0.39 is 0 Å². The van der Waals surface area contributed by atoms with Crippen molar-refractivity contribution in [3.63, 3.8) is 0 Å². The Morgan fingerprint density at radius 1 is 1.20 bits per heavy atom. The van der Waals surface area contributed by atoms with E-state index >= 15 is 0 Å². The average molecular weight is 418 g/mol. The number of allylic oxidation sites excluding steroid dienone is 1. The molecule has 3 nitrogen and oxygen atoms in total. The molecule has 0 aromatic heterocycles. The van der Waals surface area contributed by atoms with Crippen molar-refractivity contribution in [1.29, 1.82) is 0 Å². The molecule has 5 heteroatoms. The first kappa shape index (κ1) is 24.4. The van der Waals surface area contributed by atoms with Gasteiger partial charge in [0.1, 0.15) is 5.82 Å². The van der Waals surface area contributed by atoms with Gasteiger partial charge in [-0.15, -0.1) is 19.1 Å². The molecule has 2 aliphatic heterocycles. The van der Waals surface area contributed by atoms with E-state index in [1.807, 2.05) is 19.2 Å². The molecule has 1 fully saturated rings. The Hall–Kier alpha value is -0.646. The second-order valence-electron chi connectivity index (χ2n) is 5.51. The van der Waals surface area contributed by atoms with Gasteiger partial charge in [0.05, 0.1) is 0 Å². The smallest absolute Gasteiger partial charge is 0.123 e. The fourth-order valence-corrected chi connectivity index (χ4v) is 2.36. The van der Waals surface area contributed by atoms with Crippen molar-refractivity contribution in [2.24, 2.45) is 0 Å². The van der Waals surface area contributed by atoms with E-state index in [0.717, 1.165) is 32.6 Å². The number of rotatable bonds is 3. The minimum Gasteiger partial charge on any atom is -0.661 e. The topological polar surface area (TPSA) is 40.2 Å². The van der Waals surface area contributed by atoms with E-state index in [4.69, 9.17) is 0 Å². The first-order valence-electron chi connectivity index (χ1n) is 8.31. The predicted molar refractivity (Wildman–Crippen MR) is 102 cm³/mol. The molecule has 2 heterocycles. The van der Waals surface area contributed by atoms with Crippen LogP contribution in [0.3, 0.4) is 0 Å². The first-order chi connectivity index (χ1) is 11.7. The van der Waals surface area contributed by atoms with Gasteiger partial charge in [-0.3, -0.25) is 0 Å². The second kappa shape index (κ2) is 15.6. The molecule has 1 aromatic carbocycles. The standard InChI is InChI=1S/C9H12N.C6H5F.C5H11N2.Y/c1-3-8-5-6-10-7-9(8)4-2;7-6-4-2-1-3-5-6;1-6-5-2-3-7-4-5;/h3-4H,1-2,5-7H2;1-5H;5,7H,2-4H2,1H3;/q-1;;-1;. The number of likely N-dealkylation sites (N-methyl/N-ethyl adjacent to an activating group) is 1. The Kier molecular flexibility index (Phi) is 15.2. The van der Waals surface area contributed by atoms with Crippen LogP contribution in [0.25, 0.3) is 10.6 Å². The van der Waals surface area contributed by atoms with Gasteiger partial charge in [-0.05, 0) is 37.2 Å². The summed E-state index contributed by atoms with van der Waals surface area (Å²) in [5.41, 5.74) is 2.55. The summed E-state index contributed by atoms with van der Waals surface area (Å²) in [6.07, 6.45) is 6.05. The molecule has 1 atom stereocenters. The molecule has 135 valence electrons. The van der Waals surface area contributed by atoms with Crippen LogP contribution in [0.15, 0.2) is 66.8 Å². The van der Waals surface area contributed by atoms with Crippen LogP contribution in [0, 0.1) is 5.82 Å². The van der Waals surface area contributed by atoms with Crippen LogP contribution in [0.5, 0.6) is 0 Å².